The molecule has 8 nitrogen and oxygen atoms in total. The van der Waals surface area contributed by atoms with Crippen LogP contribution in [0.1, 0.15) is 35.8 Å². The summed E-state index contributed by atoms with van der Waals surface area (Å²) in [5, 5.41) is 9.93. The summed E-state index contributed by atoms with van der Waals surface area (Å²) < 4.78 is 27.5. The second kappa shape index (κ2) is 6.60. The molecule has 9 heteroatoms. The van der Waals surface area contributed by atoms with Crippen molar-refractivity contribution < 1.29 is 13.2 Å². The molecule has 0 unspecified atom stereocenters. The second-order valence-corrected chi connectivity index (χ2v) is 7.31. The Morgan fingerprint density at radius 3 is 2.75 bits per heavy atom. The van der Waals surface area contributed by atoms with Gasteiger partial charge >= 0.3 is 0 Å². The predicted octanol–water partition coefficient (Wildman–Crippen LogP) is 1.40. The third-order valence-corrected chi connectivity index (χ3v) is 5.33. The fourth-order valence-electron chi connectivity index (χ4n) is 2.64. The Morgan fingerprint density at radius 2 is 2.04 bits per heavy atom. The van der Waals surface area contributed by atoms with Gasteiger partial charge in [0.1, 0.15) is 0 Å². The molecular weight excluding hydrogens is 330 g/mol. The molecule has 1 aliphatic heterocycles. The molecule has 1 amide bonds. The number of likely N-dealkylation sites (tertiary alicyclic amines) is 1. The smallest absolute Gasteiger partial charge is 0.278 e. The van der Waals surface area contributed by atoms with Crippen LogP contribution in [0.25, 0.3) is 0 Å². The van der Waals surface area contributed by atoms with E-state index < -0.39 is 10.0 Å². The Kier molecular flexibility index (Phi) is 4.52. The minimum Gasteiger partial charge on any atom is -0.337 e. The van der Waals surface area contributed by atoms with Gasteiger partial charge < -0.3 is 4.90 Å². The highest BCUT2D eigenvalue weighted by molar-refractivity contribution is 7.92. The Balaban J connectivity index is 1.85. The summed E-state index contributed by atoms with van der Waals surface area (Å²) in [7, 11) is -3.84. The van der Waals surface area contributed by atoms with Crippen LogP contribution in [0.2, 0.25) is 0 Å². The number of aromatic nitrogens is 3. The van der Waals surface area contributed by atoms with E-state index in [2.05, 4.69) is 20.1 Å². The van der Waals surface area contributed by atoms with Crippen molar-refractivity contribution in [2.24, 2.45) is 0 Å². The number of benzene rings is 1. The van der Waals surface area contributed by atoms with E-state index in [1.54, 1.807) is 17.0 Å². The van der Waals surface area contributed by atoms with E-state index in [1.165, 1.54) is 6.07 Å². The molecule has 24 heavy (non-hydrogen) atoms. The van der Waals surface area contributed by atoms with Gasteiger partial charge in [0.2, 0.25) is 0 Å². The quantitative estimate of drug-likeness (QED) is 0.848. The maximum atomic E-state index is 12.5. The first-order chi connectivity index (χ1) is 11.5. The number of sulfonamides is 1. The lowest BCUT2D eigenvalue weighted by Crippen LogP contribution is -2.29. The number of H-pyrrole nitrogens is 1. The maximum absolute atomic E-state index is 12.5. The highest BCUT2D eigenvalue weighted by Gasteiger charge is 2.27. The molecule has 3 rings (SSSR count). The van der Waals surface area contributed by atoms with Gasteiger partial charge in [-0.2, -0.15) is 5.21 Å². The van der Waals surface area contributed by atoms with Crippen LogP contribution in [-0.4, -0.2) is 47.7 Å². The van der Waals surface area contributed by atoms with Gasteiger partial charge in [-0.25, -0.2) is 8.42 Å². The van der Waals surface area contributed by atoms with Crippen LogP contribution in [0, 0.1) is 0 Å². The Bertz CT molecular complexity index is 840. The maximum Gasteiger partial charge on any atom is 0.278 e. The number of carbonyl (C=O) groups is 1. The molecule has 2 heterocycles. The number of amides is 1. The van der Waals surface area contributed by atoms with E-state index in [9.17, 15) is 13.2 Å². The van der Waals surface area contributed by atoms with E-state index >= 15 is 0 Å². The predicted molar refractivity (Wildman–Crippen MR) is 88.1 cm³/mol. The number of nitrogens with one attached hydrogen (secondary N) is 2. The van der Waals surface area contributed by atoms with E-state index in [-0.39, 0.29) is 22.3 Å². The molecule has 128 valence electrons. The normalized spacial score (nSPS) is 14.8. The molecule has 1 fully saturated rings. The van der Waals surface area contributed by atoms with Gasteiger partial charge in [-0.1, -0.05) is 19.1 Å². The fraction of sp³-hybridized carbons (Fsp3) is 0.400. The Hall–Kier alpha value is -2.42. The average molecular weight is 349 g/mol. The van der Waals surface area contributed by atoms with Crippen molar-refractivity contribution in [3.8, 4) is 0 Å². The minimum absolute atomic E-state index is 0.00730. The van der Waals surface area contributed by atoms with E-state index in [1.807, 2.05) is 13.0 Å². The monoisotopic (exact) mass is 349 g/mol. The number of rotatable bonds is 5. The van der Waals surface area contributed by atoms with Gasteiger partial charge in [0.25, 0.3) is 15.9 Å². The Labute approximate surface area is 140 Å². The molecule has 0 radical (unpaired) electrons. The second-order valence-electron chi connectivity index (χ2n) is 5.63. The first-order valence-corrected chi connectivity index (χ1v) is 9.31. The topological polar surface area (TPSA) is 108 Å². The van der Waals surface area contributed by atoms with Crippen LogP contribution < -0.4 is 4.72 Å². The van der Waals surface area contributed by atoms with Gasteiger partial charge in [0.15, 0.2) is 11.5 Å². The zero-order valence-electron chi connectivity index (χ0n) is 13.3. The van der Waals surface area contributed by atoms with Gasteiger partial charge in [-0.05, 0) is 37.0 Å². The summed E-state index contributed by atoms with van der Waals surface area (Å²) in [6.45, 7) is 3.25. The molecule has 0 aliphatic carbocycles. The summed E-state index contributed by atoms with van der Waals surface area (Å²) >= 11 is 0. The summed E-state index contributed by atoms with van der Waals surface area (Å²) in [5.41, 5.74) is 0.901. The fourth-order valence-corrected chi connectivity index (χ4v) is 3.72. The minimum atomic E-state index is -3.84. The lowest BCUT2D eigenvalue weighted by molar-refractivity contribution is 0.0788. The third kappa shape index (κ3) is 3.25. The van der Waals surface area contributed by atoms with Crippen molar-refractivity contribution in [3.05, 3.63) is 35.5 Å². The van der Waals surface area contributed by atoms with Gasteiger partial charge in [-0.15, -0.1) is 10.2 Å². The molecule has 1 aromatic heterocycles. The number of anilines is 1. The lowest BCUT2D eigenvalue weighted by Gasteiger charge is -2.14. The van der Waals surface area contributed by atoms with Crippen molar-refractivity contribution in [1.82, 2.24) is 20.3 Å². The molecule has 2 aromatic rings. The van der Waals surface area contributed by atoms with Crippen LogP contribution in [0.3, 0.4) is 0 Å². The number of nitrogens with zero attached hydrogens (tertiary/aromatic N) is 3. The molecular formula is C15H19N5O3S. The Morgan fingerprint density at radius 1 is 1.29 bits per heavy atom. The highest BCUT2D eigenvalue weighted by Crippen LogP contribution is 2.20. The molecule has 2 N–H and O–H groups in total. The number of hydrogen-bond donors (Lipinski definition) is 2. The molecule has 0 atom stereocenters. The van der Waals surface area contributed by atoms with Gasteiger partial charge in [0, 0.05) is 13.1 Å². The third-order valence-electron chi connectivity index (χ3n) is 3.99. The number of aromatic amines is 1. The van der Waals surface area contributed by atoms with Crippen LogP contribution in [0.5, 0.6) is 0 Å². The first kappa shape index (κ1) is 16.4. The van der Waals surface area contributed by atoms with Crippen LogP contribution in [-0.2, 0) is 16.4 Å². The molecule has 0 spiro atoms. The average Bonchev–Trinajstić information content (AvgIpc) is 3.25. The number of carbonyl (C=O) groups excluding carboxylic acids is 1. The molecule has 1 aliphatic rings. The summed E-state index contributed by atoms with van der Waals surface area (Å²) in [5.74, 6) is -0.393. The SMILES string of the molecule is CCc1cccc(S(=O)(=O)Nc2n[nH]nc2C(=O)N2CCCC2)c1. The summed E-state index contributed by atoms with van der Waals surface area (Å²) in [4.78, 5) is 14.2. The molecule has 1 saturated heterocycles. The zero-order valence-corrected chi connectivity index (χ0v) is 14.1. The van der Waals surface area contributed by atoms with Gasteiger partial charge in [-0.3, -0.25) is 9.52 Å². The van der Waals surface area contributed by atoms with Crippen molar-refractivity contribution in [2.75, 3.05) is 17.8 Å². The standard InChI is InChI=1S/C15H19N5O3S/c1-2-11-6-5-7-12(10-11)24(22,23)18-14-13(16-19-17-14)15(21)20-8-3-4-9-20/h5-7,10H,2-4,8-9H2,1H3,(H2,16,17,18,19). The number of aryl methyl sites for hydroxylation is 1. The number of hydrogen-bond acceptors (Lipinski definition) is 5. The van der Waals surface area contributed by atoms with Crippen molar-refractivity contribution in [2.45, 2.75) is 31.1 Å². The van der Waals surface area contributed by atoms with E-state index in [0.29, 0.717) is 13.1 Å². The largest absolute Gasteiger partial charge is 0.337 e. The van der Waals surface area contributed by atoms with Crippen LogP contribution in [0.15, 0.2) is 29.2 Å². The zero-order chi connectivity index (χ0) is 17.2. The molecule has 1 aromatic carbocycles. The van der Waals surface area contributed by atoms with Gasteiger partial charge in [0.05, 0.1) is 4.90 Å². The molecule has 0 saturated carbocycles. The van der Waals surface area contributed by atoms with Crippen molar-refractivity contribution in [3.63, 3.8) is 0 Å². The lowest BCUT2D eigenvalue weighted by atomic mass is 10.2. The van der Waals surface area contributed by atoms with Crippen molar-refractivity contribution >= 4 is 21.7 Å². The van der Waals surface area contributed by atoms with Crippen LogP contribution in [0.4, 0.5) is 5.82 Å². The van der Waals surface area contributed by atoms with Crippen molar-refractivity contribution in [1.29, 1.82) is 0 Å². The molecule has 0 bridgehead atoms. The highest BCUT2D eigenvalue weighted by atomic mass is 32.2. The van der Waals surface area contributed by atoms with Crippen LogP contribution >= 0.6 is 0 Å². The van der Waals surface area contributed by atoms with E-state index in [4.69, 9.17) is 0 Å². The van der Waals surface area contributed by atoms with E-state index in [0.717, 1.165) is 24.8 Å². The summed E-state index contributed by atoms with van der Waals surface area (Å²) in [6, 6.07) is 6.65. The summed E-state index contributed by atoms with van der Waals surface area (Å²) in [6.07, 6.45) is 2.61. The first-order valence-electron chi connectivity index (χ1n) is 7.83.